The lowest BCUT2D eigenvalue weighted by Gasteiger charge is -2.20. The molecular formula is C10H14O3. The molecule has 72 valence electrons. The molecule has 3 heteroatoms. The van der Waals surface area contributed by atoms with Gasteiger partial charge in [0, 0.05) is 18.9 Å². The fourth-order valence-electron chi connectivity index (χ4n) is 1.74. The zero-order valence-corrected chi connectivity index (χ0v) is 7.62. The lowest BCUT2D eigenvalue weighted by Crippen LogP contribution is -2.26. The summed E-state index contributed by atoms with van der Waals surface area (Å²) >= 11 is 0. The van der Waals surface area contributed by atoms with Crippen LogP contribution in [0.2, 0.25) is 0 Å². The van der Waals surface area contributed by atoms with E-state index in [4.69, 9.17) is 9.47 Å². The van der Waals surface area contributed by atoms with Crippen molar-refractivity contribution in [3.8, 4) is 0 Å². The zero-order chi connectivity index (χ0) is 9.10. The minimum atomic E-state index is 0.0399. The summed E-state index contributed by atoms with van der Waals surface area (Å²) in [5.74, 6) is 0.741. The molecule has 0 aromatic rings. The van der Waals surface area contributed by atoms with Crippen LogP contribution in [-0.2, 0) is 14.3 Å². The van der Waals surface area contributed by atoms with Crippen molar-refractivity contribution >= 4 is 5.78 Å². The van der Waals surface area contributed by atoms with Crippen molar-refractivity contribution in [2.75, 3.05) is 19.8 Å². The number of allylic oxidation sites excluding steroid dienone is 1. The van der Waals surface area contributed by atoms with Gasteiger partial charge in [0.2, 0.25) is 5.78 Å². The van der Waals surface area contributed by atoms with Gasteiger partial charge in [-0.15, -0.1) is 0 Å². The minimum Gasteiger partial charge on any atom is -0.490 e. The molecule has 2 rings (SSSR count). The fourth-order valence-corrected chi connectivity index (χ4v) is 1.74. The number of hydrogen-bond donors (Lipinski definition) is 0. The molecule has 1 fully saturated rings. The highest BCUT2D eigenvalue weighted by atomic mass is 16.5. The summed E-state index contributed by atoms with van der Waals surface area (Å²) in [6, 6.07) is 0. The lowest BCUT2D eigenvalue weighted by molar-refractivity contribution is -0.126. The standard InChI is InChI=1S/C10H14O3/c11-10(9-4-2-6-13-9)8-3-1-5-12-7-8/h4,8H,1-3,5-7H2. The summed E-state index contributed by atoms with van der Waals surface area (Å²) in [6.45, 7) is 2.03. The summed E-state index contributed by atoms with van der Waals surface area (Å²) in [5, 5.41) is 0. The third-order valence-corrected chi connectivity index (χ3v) is 2.48. The molecule has 0 radical (unpaired) electrons. The average molecular weight is 182 g/mol. The summed E-state index contributed by atoms with van der Waals surface area (Å²) in [4.78, 5) is 11.7. The van der Waals surface area contributed by atoms with Gasteiger partial charge in [-0.25, -0.2) is 0 Å². The number of hydrogen-bond acceptors (Lipinski definition) is 3. The van der Waals surface area contributed by atoms with Gasteiger partial charge in [0.15, 0.2) is 5.76 Å². The zero-order valence-electron chi connectivity index (χ0n) is 7.62. The highest BCUT2D eigenvalue weighted by Crippen LogP contribution is 2.21. The summed E-state index contributed by atoms with van der Waals surface area (Å²) in [5.41, 5.74) is 0. The van der Waals surface area contributed by atoms with E-state index >= 15 is 0 Å². The number of rotatable bonds is 2. The molecule has 0 aromatic heterocycles. The molecule has 0 saturated carbocycles. The van der Waals surface area contributed by atoms with E-state index in [0.29, 0.717) is 19.0 Å². The second-order valence-electron chi connectivity index (χ2n) is 3.48. The Morgan fingerprint density at radius 3 is 3.00 bits per heavy atom. The first kappa shape index (κ1) is 8.75. The van der Waals surface area contributed by atoms with Gasteiger partial charge >= 0.3 is 0 Å². The smallest absolute Gasteiger partial charge is 0.202 e. The number of ether oxygens (including phenoxy) is 2. The Kier molecular flexibility index (Phi) is 2.64. The molecule has 0 aromatic carbocycles. The molecule has 0 amide bonds. The van der Waals surface area contributed by atoms with Crippen LogP contribution in [0.1, 0.15) is 19.3 Å². The Hall–Kier alpha value is -0.830. The van der Waals surface area contributed by atoms with E-state index in [0.717, 1.165) is 25.9 Å². The van der Waals surface area contributed by atoms with Crippen LogP contribution in [0.25, 0.3) is 0 Å². The van der Waals surface area contributed by atoms with Crippen molar-refractivity contribution in [1.29, 1.82) is 0 Å². The summed E-state index contributed by atoms with van der Waals surface area (Å²) in [7, 11) is 0. The van der Waals surface area contributed by atoms with Gasteiger partial charge in [-0.1, -0.05) is 0 Å². The van der Waals surface area contributed by atoms with Crippen LogP contribution < -0.4 is 0 Å². The van der Waals surface area contributed by atoms with Crippen molar-refractivity contribution in [3.05, 3.63) is 11.8 Å². The highest BCUT2D eigenvalue weighted by molar-refractivity contribution is 5.95. The maximum absolute atomic E-state index is 11.7. The van der Waals surface area contributed by atoms with Crippen LogP contribution in [0.4, 0.5) is 0 Å². The van der Waals surface area contributed by atoms with Gasteiger partial charge in [-0.2, -0.15) is 0 Å². The van der Waals surface area contributed by atoms with E-state index in [1.807, 2.05) is 6.08 Å². The van der Waals surface area contributed by atoms with E-state index in [1.165, 1.54) is 0 Å². The Morgan fingerprint density at radius 2 is 2.38 bits per heavy atom. The van der Waals surface area contributed by atoms with Crippen LogP contribution >= 0.6 is 0 Å². The largest absolute Gasteiger partial charge is 0.490 e. The first-order chi connectivity index (χ1) is 6.38. The topological polar surface area (TPSA) is 35.5 Å². The monoisotopic (exact) mass is 182 g/mol. The van der Waals surface area contributed by atoms with E-state index in [1.54, 1.807) is 0 Å². The summed E-state index contributed by atoms with van der Waals surface area (Å²) in [6.07, 6.45) is 4.69. The predicted molar refractivity (Wildman–Crippen MR) is 47.2 cm³/mol. The van der Waals surface area contributed by atoms with Crippen LogP contribution in [-0.4, -0.2) is 25.6 Å². The second-order valence-corrected chi connectivity index (χ2v) is 3.48. The van der Waals surface area contributed by atoms with Gasteiger partial charge in [0.25, 0.3) is 0 Å². The SMILES string of the molecule is O=C(C1=CCCO1)C1CCCOC1. The summed E-state index contributed by atoms with van der Waals surface area (Å²) < 4.78 is 10.5. The van der Waals surface area contributed by atoms with Crippen LogP contribution in [0.15, 0.2) is 11.8 Å². The third-order valence-electron chi connectivity index (χ3n) is 2.48. The number of ketones is 1. The predicted octanol–water partition coefficient (Wildman–Crippen LogP) is 1.29. The molecule has 1 saturated heterocycles. The van der Waals surface area contributed by atoms with Crippen molar-refractivity contribution in [3.63, 3.8) is 0 Å². The molecule has 2 aliphatic heterocycles. The van der Waals surface area contributed by atoms with Crippen molar-refractivity contribution in [2.24, 2.45) is 5.92 Å². The lowest BCUT2D eigenvalue weighted by atomic mass is 9.96. The Balaban J connectivity index is 1.94. The molecule has 1 atom stereocenters. The normalized spacial score (nSPS) is 28.0. The average Bonchev–Trinajstić information content (AvgIpc) is 2.71. The molecule has 3 nitrogen and oxygen atoms in total. The minimum absolute atomic E-state index is 0.0399. The molecule has 0 spiro atoms. The molecule has 0 aliphatic carbocycles. The number of carbonyl (C=O) groups is 1. The van der Waals surface area contributed by atoms with Crippen LogP contribution in [0, 0.1) is 5.92 Å². The molecule has 2 heterocycles. The quantitative estimate of drug-likeness (QED) is 0.645. The van der Waals surface area contributed by atoms with Gasteiger partial charge in [0.1, 0.15) is 0 Å². The molecule has 2 aliphatic rings. The highest BCUT2D eigenvalue weighted by Gasteiger charge is 2.26. The molecular weight excluding hydrogens is 168 g/mol. The fraction of sp³-hybridized carbons (Fsp3) is 0.700. The van der Waals surface area contributed by atoms with Crippen LogP contribution in [0.5, 0.6) is 0 Å². The van der Waals surface area contributed by atoms with E-state index in [-0.39, 0.29) is 11.7 Å². The first-order valence-electron chi connectivity index (χ1n) is 4.83. The van der Waals surface area contributed by atoms with Gasteiger partial charge in [0.05, 0.1) is 13.2 Å². The second kappa shape index (κ2) is 3.92. The number of carbonyl (C=O) groups excluding carboxylic acids is 1. The van der Waals surface area contributed by atoms with E-state index in [9.17, 15) is 4.79 Å². The Morgan fingerprint density at radius 1 is 1.46 bits per heavy atom. The van der Waals surface area contributed by atoms with E-state index in [2.05, 4.69) is 0 Å². The molecule has 0 N–H and O–H groups in total. The molecule has 13 heavy (non-hydrogen) atoms. The van der Waals surface area contributed by atoms with Gasteiger partial charge in [-0.05, 0) is 18.9 Å². The van der Waals surface area contributed by atoms with Crippen LogP contribution in [0.3, 0.4) is 0 Å². The third kappa shape index (κ3) is 1.91. The maximum Gasteiger partial charge on any atom is 0.202 e. The molecule has 0 bridgehead atoms. The van der Waals surface area contributed by atoms with Crippen molar-refractivity contribution in [1.82, 2.24) is 0 Å². The van der Waals surface area contributed by atoms with Gasteiger partial charge in [-0.3, -0.25) is 4.79 Å². The number of Topliss-reactive ketones (excluding diaryl/α,β-unsaturated/α-hetero) is 1. The van der Waals surface area contributed by atoms with E-state index < -0.39 is 0 Å². The van der Waals surface area contributed by atoms with Gasteiger partial charge < -0.3 is 9.47 Å². The first-order valence-corrected chi connectivity index (χ1v) is 4.83. The van der Waals surface area contributed by atoms with Crippen molar-refractivity contribution in [2.45, 2.75) is 19.3 Å². The Bertz CT molecular complexity index is 226. The Labute approximate surface area is 77.7 Å². The molecule has 1 unspecified atom stereocenters. The van der Waals surface area contributed by atoms with Crippen molar-refractivity contribution < 1.29 is 14.3 Å². The maximum atomic E-state index is 11.7.